The Bertz CT molecular complexity index is 648. The first-order valence-electron chi connectivity index (χ1n) is 7.82. The smallest absolute Gasteiger partial charge is 0.343 e. The quantitative estimate of drug-likeness (QED) is 0.870. The maximum absolute atomic E-state index is 12.7. The van der Waals surface area contributed by atoms with Gasteiger partial charge < -0.3 is 15.5 Å². The van der Waals surface area contributed by atoms with Crippen molar-refractivity contribution in [3.8, 4) is 0 Å². The Balaban J connectivity index is 1.58. The van der Waals surface area contributed by atoms with Crippen LogP contribution in [-0.4, -0.2) is 48.9 Å². The third-order valence-electron chi connectivity index (χ3n) is 4.62. The number of rotatable bonds is 3. The van der Waals surface area contributed by atoms with Crippen molar-refractivity contribution < 1.29 is 22.8 Å². The summed E-state index contributed by atoms with van der Waals surface area (Å²) >= 11 is 0. The molecule has 5 nitrogen and oxygen atoms in total. The molecule has 2 fully saturated rings. The zero-order valence-corrected chi connectivity index (χ0v) is 12.9. The van der Waals surface area contributed by atoms with Gasteiger partial charge in [-0.05, 0) is 30.5 Å². The van der Waals surface area contributed by atoms with Gasteiger partial charge in [0, 0.05) is 31.2 Å². The van der Waals surface area contributed by atoms with Crippen LogP contribution in [0.1, 0.15) is 22.3 Å². The molecule has 0 bridgehead atoms. The van der Waals surface area contributed by atoms with Crippen LogP contribution in [0.4, 0.5) is 13.2 Å². The fraction of sp³-hybridized carbons (Fsp3) is 0.500. The van der Waals surface area contributed by atoms with Crippen molar-refractivity contribution in [3.05, 3.63) is 35.4 Å². The van der Waals surface area contributed by atoms with Gasteiger partial charge in [0.15, 0.2) is 0 Å². The zero-order chi connectivity index (χ0) is 17.3. The molecule has 0 spiro atoms. The number of nitrogens with one attached hydrogen (secondary N) is 2. The monoisotopic (exact) mass is 341 g/mol. The number of carbonyl (C=O) groups excluding carboxylic acids is 2. The van der Waals surface area contributed by atoms with Gasteiger partial charge in [0.2, 0.25) is 5.91 Å². The van der Waals surface area contributed by atoms with Gasteiger partial charge in [-0.1, -0.05) is 6.07 Å². The first-order chi connectivity index (χ1) is 11.4. The fourth-order valence-corrected chi connectivity index (χ4v) is 3.36. The molecule has 2 unspecified atom stereocenters. The number of alkyl halides is 3. The number of fused-ring (bicyclic) bond motifs is 1. The number of carbonyl (C=O) groups is 2. The lowest BCUT2D eigenvalue weighted by Gasteiger charge is -2.23. The van der Waals surface area contributed by atoms with Crippen LogP contribution in [0.2, 0.25) is 0 Å². The Morgan fingerprint density at radius 1 is 1.29 bits per heavy atom. The molecular weight excluding hydrogens is 323 g/mol. The topological polar surface area (TPSA) is 61.4 Å². The Kier molecular flexibility index (Phi) is 4.49. The van der Waals surface area contributed by atoms with Crippen molar-refractivity contribution in [1.82, 2.24) is 15.5 Å². The van der Waals surface area contributed by atoms with Crippen molar-refractivity contribution in [1.29, 1.82) is 0 Å². The Labute approximate surface area is 137 Å². The molecule has 0 aromatic heterocycles. The summed E-state index contributed by atoms with van der Waals surface area (Å²) in [5, 5.41) is 5.65. The van der Waals surface area contributed by atoms with Gasteiger partial charge >= 0.3 is 6.18 Å². The van der Waals surface area contributed by atoms with Crippen LogP contribution >= 0.6 is 0 Å². The molecule has 2 N–H and O–H groups in total. The summed E-state index contributed by atoms with van der Waals surface area (Å²) in [7, 11) is 0. The third-order valence-corrected chi connectivity index (χ3v) is 4.62. The average molecular weight is 341 g/mol. The molecule has 1 aromatic carbocycles. The molecule has 0 aliphatic carbocycles. The van der Waals surface area contributed by atoms with E-state index in [1.54, 1.807) is 4.90 Å². The maximum Gasteiger partial charge on any atom is 0.416 e. The van der Waals surface area contributed by atoms with Crippen LogP contribution in [0.5, 0.6) is 0 Å². The van der Waals surface area contributed by atoms with E-state index in [-0.39, 0.29) is 24.1 Å². The lowest BCUT2D eigenvalue weighted by Crippen LogP contribution is -2.44. The van der Waals surface area contributed by atoms with Gasteiger partial charge in [-0.15, -0.1) is 0 Å². The fourth-order valence-electron chi connectivity index (χ4n) is 3.36. The summed E-state index contributed by atoms with van der Waals surface area (Å²) in [6.07, 6.45) is -3.57. The number of amides is 2. The highest BCUT2D eigenvalue weighted by atomic mass is 19.4. The molecule has 24 heavy (non-hydrogen) atoms. The van der Waals surface area contributed by atoms with Crippen LogP contribution in [0, 0.1) is 5.92 Å². The Hall–Kier alpha value is -2.09. The van der Waals surface area contributed by atoms with E-state index in [9.17, 15) is 22.8 Å². The van der Waals surface area contributed by atoms with E-state index >= 15 is 0 Å². The normalized spacial score (nSPS) is 23.2. The second kappa shape index (κ2) is 6.43. The van der Waals surface area contributed by atoms with E-state index in [0.29, 0.717) is 12.5 Å². The van der Waals surface area contributed by atoms with E-state index in [2.05, 4.69) is 10.6 Å². The standard InChI is InChI=1S/C16H18F3N3O2/c17-16(18,19)12-3-1-2-10(6-12)15(24)21-9-14(23)22-5-4-11-7-20-8-13(11)22/h1-3,6,11,13,20H,4-5,7-9H2,(H,21,24). The largest absolute Gasteiger partial charge is 0.416 e. The molecule has 2 aliphatic rings. The van der Waals surface area contributed by atoms with Crippen LogP contribution in [-0.2, 0) is 11.0 Å². The Morgan fingerprint density at radius 3 is 2.83 bits per heavy atom. The minimum absolute atomic E-state index is 0.112. The van der Waals surface area contributed by atoms with E-state index in [4.69, 9.17) is 0 Å². The molecule has 2 aliphatic heterocycles. The minimum atomic E-state index is -4.51. The number of likely N-dealkylation sites (tertiary alicyclic amines) is 1. The minimum Gasteiger partial charge on any atom is -0.343 e. The number of hydrogen-bond acceptors (Lipinski definition) is 3. The summed E-state index contributed by atoms with van der Waals surface area (Å²) in [6, 6.07) is 4.31. The molecule has 2 atom stereocenters. The summed E-state index contributed by atoms with van der Waals surface area (Å²) in [5.41, 5.74) is -1.000. The molecule has 2 saturated heterocycles. The SMILES string of the molecule is O=C(NCC(=O)N1CCC2CNCC21)c1cccc(C(F)(F)F)c1. The van der Waals surface area contributed by atoms with Crippen molar-refractivity contribution in [2.45, 2.75) is 18.6 Å². The summed E-state index contributed by atoms with van der Waals surface area (Å²) in [4.78, 5) is 26.0. The van der Waals surface area contributed by atoms with Crippen LogP contribution < -0.4 is 10.6 Å². The number of nitrogens with zero attached hydrogens (tertiary/aromatic N) is 1. The summed E-state index contributed by atoms with van der Waals surface area (Å²) < 4.78 is 38.0. The van der Waals surface area contributed by atoms with Crippen molar-refractivity contribution >= 4 is 11.8 Å². The van der Waals surface area contributed by atoms with E-state index in [0.717, 1.165) is 31.6 Å². The summed E-state index contributed by atoms with van der Waals surface area (Å²) in [6.45, 7) is 2.09. The van der Waals surface area contributed by atoms with Crippen LogP contribution in [0.3, 0.4) is 0 Å². The van der Waals surface area contributed by atoms with Gasteiger partial charge in [-0.25, -0.2) is 0 Å². The van der Waals surface area contributed by atoms with Crippen LogP contribution in [0.15, 0.2) is 24.3 Å². The molecule has 1 aromatic rings. The molecule has 2 heterocycles. The van der Waals surface area contributed by atoms with Crippen molar-refractivity contribution in [3.63, 3.8) is 0 Å². The van der Waals surface area contributed by atoms with Crippen molar-refractivity contribution in [2.75, 3.05) is 26.2 Å². The zero-order valence-electron chi connectivity index (χ0n) is 12.9. The molecule has 130 valence electrons. The predicted octanol–water partition coefficient (Wildman–Crippen LogP) is 1.26. The maximum atomic E-state index is 12.7. The van der Waals surface area contributed by atoms with Crippen molar-refractivity contribution in [2.24, 2.45) is 5.92 Å². The number of hydrogen-bond donors (Lipinski definition) is 2. The van der Waals surface area contributed by atoms with Gasteiger partial charge in [0.1, 0.15) is 0 Å². The lowest BCUT2D eigenvalue weighted by molar-refractivity contribution is -0.137. The molecule has 0 saturated carbocycles. The first kappa shape index (κ1) is 16.8. The van der Waals surface area contributed by atoms with E-state index in [1.165, 1.54) is 12.1 Å². The lowest BCUT2D eigenvalue weighted by atomic mass is 10.1. The van der Waals surface area contributed by atoms with E-state index in [1.807, 2.05) is 0 Å². The second-order valence-electron chi connectivity index (χ2n) is 6.12. The second-order valence-corrected chi connectivity index (χ2v) is 6.12. The summed E-state index contributed by atoms with van der Waals surface area (Å²) in [5.74, 6) is -0.436. The van der Waals surface area contributed by atoms with Gasteiger partial charge in [0.25, 0.3) is 5.91 Å². The number of halogens is 3. The highest BCUT2D eigenvalue weighted by Gasteiger charge is 2.39. The molecule has 0 radical (unpaired) electrons. The molecule has 8 heteroatoms. The van der Waals surface area contributed by atoms with Crippen LogP contribution in [0.25, 0.3) is 0 Å². The van der Waals surface area contributed by atoms with E-state index < -0.39 is 17.6 Å². The molecule has 2 amide bonds. The average Bonchev–Trinajstić information content (AvgIpc) is 3.14. The highest BCUT2D eigenvalue weighted by molar-refractivity contribution is 5.96. The highest BCUT2D eigenvalue weighted by Crippen LogP contribution is 2.29. The molecular formula is C16H18F3N3O2. The molecule has 3 rings (SSSR count). The Morgan fingerprint density at radius 2 is 2.08 bits per heavy atom. The van der Waals surface area contributed by atoms with Gasteiger partial charge in [-0.3, -0.25) is 9.59 Å². The predicted molar refractivity (Wildman–Crippen MR) is 80.3 cm³/mol. The third kappa shape index (κ3) is 3.38. The van der Waals surface area contributed by atoms with Gasteiger partial charge in [-0.2, -0.15) is 13.2 Å². The number of benzene rings is 1. The van der Waals surface area contributed by atoms with Gasteiger partial charge in [0.05, 0.1) is 12.1 Å². The first-order valence-corrected chi connectivity index (χ1v) is 7.82.